The van der Waals surface area contributed by atoms with Crippen LogP contribution in [-0.4, -0.2) is 32.2 Å². The summed E-state index contributed by atoms with van der Waals surface area (Å²) in [4.78, 5) is 0. The van der Waals surface area contributed by atoms with Crippen molar-refractivity contribution in [1.29, 1.82) is 0 Å². The quantitative estimate of drug-likeness (QED) is 0.331. The normalized spacial score (nSPS) is 10.3. The summed E-state index contributed by atoms with van der Waals surface area (Å²) < 4.78 is 1.07. The van der Waals surface area contributed by atoms with E-state index in [1.807, 2.05) is 0 Å². The fourth-order valence-electron chi connectivity index (χ4n) is 0. The van der Waals surface area contributed by atoms with Crippen LogP contribution < -0.4 is 4.70 Å². The Kier molecular flexibility index (Phi) is 4.24. The van der Waals surface area contributed by atoms with E-state index < -0.39 is 0 Å². The first-order valence-electron chi connectivity index (χ1n) is 2.36. The Morgan fingerprint density at radius 2 is 1.29 bits per heavy atom. The van der Waals surface area contributed by atoms with Crippen LogP contribution in [0.3, 0.4) is 0 Å². The summed E-state index contributed by atoms with van der Waals surface area (Å²) in [6.45, 7) is 3.39. The van der Waals surface area contributed by atoms with Crippen molar-refractivity contribution >= 4 is 0 Å². The van der Waals surface area contributed by atoms with E-state index in [1.54, 1.807) is 0 Å². The largest absolute Gasteiger partial charge is 1.00 e. The van der Waals surface area contributed by atoms with Crippen LogP contribution in [-0.2, 0) is 0 Å². The molecule has 0 radical (unpaired) electrons. The van der Waals surface area contributed by atoms with Crippen LogP contribution >= 0.6 is 0 Å². The number of quaternary nitrogens is 1. The van der Waals surface area contributed by atoms with Gasteiger partial charge < -0.3 is 9.19 Å². The van der Waals surface area contributed by atoms with E-state index in [0.717, 1.165) is 4.48 Å². The van der Waals surface area contributed by atoms with Crippen molar-refractivity contribution in [2.75, 3.05) is 27.7 Å². The summed E-state index contributed by atoms with van der Waals surface area (Å²) in [6.07, 6.45) is 0. The highest BCUT2D eigenvalue weighted by Crippen LogP contribution is 1.83. The second-order valence-corrected chi connectivity index (χ2v) is 2.61. The molecule has 1 nitrogen and oxygen atoms in total. The molecule has 0 amide bonds. The standard InChI is InChI=1S/C5H14N.FH/c1-5-6(2,3)4;/h5H2,1-4H3;1H/q+1;/p-1. The third-order valence-electron chi connectivity index (χ3n) is 0.949. The van der Waals surface area contributed by atoms with Gasteiger partial charge in [0.1, 0.15) is 0 Å². The second-order valence-electron chi connectivity index (χ2n) is 2.61. The zero-order chi connectivity index (χ0) is 5.21. The molecule has 0 aliphatic carbocycles. The van der Waals surface area contributed by atoms with Gasteiger partial charge in [-0.15, -0.1) is 0 Å². The maximum absolute atomic E-state index is 2.18. The van der Waals surface area contributed by atoms with Gasteiger partial charge in [0.25, 0.3) is 0 Å². The molecule has 0 N–H and O–H groups in total. The van der Waals surface area contributed by atoms with E-state index in [4.69, 9.17) is 0 Å². The fraction of sp³-hybridized carbons (Fsp3) is 1.00. The van der Waals surface area contributed by atoms with Gasteiger partial charge >= 0.3 is 0 Å². The Morgan fingerprint density at radius 1 is 1.14 bits per heavy atom. The van der Waals surface area contributed by atoms with Crippen LogP contribution in [0.2, 0.25) is 0 Å². The minimum Gasteiger partial charge on any atom is -1.00 e. The van der Waals surface area contributed by atoms with Crippen LogP contribution in [0, 0.1) is 0 Å². The van der Waals surface area contributed by atoms with Crippen LogP contribution in [0.4, 0.5) is 0 Å². The molecule has 0 saturated carbocycles. The average Bonchev–Trinajstić information content (AvgIpc) is 1.35. The SMILES string of the molecule is CC[N+](C)(C)C.[F-]. The van der Waals surface area contributed by atoms with E-state index in [0.29, 0.717) is 0 Å². The lowest BCUT2D eigenvalue weighted by Gasteiger charge is -2.20. The molecule has 0 aromatic carbocycles. The van der Waals surface area contributed by atoms with Gasteiger partial charge in [0.15, 0.2) is 0 Å². The third kappa shape index (κ3) is 10.7. The molecule has 0 saturated heterocycles. The summed E-state index contributed by atoms with van der Waals surface area (Å²) in [5.74, 6) is 0. The number of halogens is 1. The Balaban J connectivity index is 0. The van der Waals surface area contributed by atoms with Gasteiger partial charge in [0.05, 0.1) is 27.7 Å². The van der Waals surface area contributed by atoms with Crippen LogP contribution in [0.5, 0.6) is 0 Å². The molecule has 2 heteroatoms. The summed E-state index contributed by atoms with van der Waals surface area (Å²) in [6, 6.07) is 0. The van der Waals surface area contributed by atoms with Crippen molar-refractivity contribution < 1.29 is 9.19 Å². The van der Waals surface area contributed by atoms with Gasteiger partial charge in [0.2, 0.25) is 0 Å². The van der Waals surface area contributed by atoms with Gasteiger partial charge in [0, 0.05) is 0 Å². The molecule has 0 bridgehead atoms. The molecule has 0 fully saturated rings. The highest BCUT2D eigenvalue weighted by atomic mass is 19.0. The Bertz CT molecular complexity index is 37.8. The predicted molar refractivity (Wildman–Crippen MR) is 28.6 cm³/mol. The Morgan fingerprint density at radius 3 is 1.29 bits per heavy atom. The van der Waals surface area contributed by atoms with Crippen molar-refractivity contribution in [2.45, 2.75) is 6.92 Å². The van der Waals surface area contributed by atoms with Crippen LogP contribution in [0.15, 0.2) is 0 Å². The number of hydrogen-bond acceptors (Lipinski definition) is 0. The van der Waals surface area contributed by atoms with Gasteiger partial charge in [-0.3, -0.25) is 0 Å². The fourth-order valence-corrected chi connectivity index (χ4v) is 0. The van der Waals surface area contributed by atoms with Gasteiger partial charge in [-0.2, -0.15) is 0 Å². The molecular weight excluding hydrogens is 93.1 g/mol. The Labute approximate surface area is 44.9 Å². The molecule has 0 unspecified atom stereocenters. The van der Waals surface area contributed by atoms with E-state index in [1.165, 1.54) is 6.54 Å². The Hall–Kier alpha value is -0.110. The average molecular weight is 107 g/mol. The molecule has 0 aromatic heterocycles. The highest BCUT2D eigenvalue weighted by Gasteiger charge is 1.97. The smallest absolute Gasteiger partial charge is 0.0751 e. The van der Waals surface area contributed by atoms with E-state index in [-0.39, 0.29) is 4.70 Å². The molecule has 0 spiro atoms. The van der Waals surface area contributed by atoms with E-state index >= 15 is 0 Å². The third-order valence-corrected chi connectivity index (χ3v) is 0.949. The lowest BCUT2D eigenvalue weighted by atomic mass is 10.6. The number of nitrogens with zero attached hydrogens (tertiary/aromatic N) is 1. The molecule has 0 atom stereocenters. The molecule has 0 aromatic rings. The van der Waals surface area contributed by atoms with Gasteiger partial charge in [-0.25, -0.2) is 0 Å². The molecule has 0 aliphatic rings. The topological polar surface area (TPSA) is 0 Å². The molecule has 0 heterocycles. The van der Waals surface area contributed by atoms with Crippen molar-refractivity contribution in [2.24, 2.45) is 0 Å². The lowest BCUT2D eigenvalue weighted by Crippen LogP contribution is -3.00. The maximum atomic E-state index is 2.18. The van der Waals surface area contributed by atoms with Crippen molar-refractivity contribution in [1.82, 2.24) is 0 Å². The van der Waals surface area contributed by atoms with Gasteiger partial charge in [-0.1, -0.05) is 0 Å². The summed E-state index contributed by atoms with van der Waals surface area (Å²) in [5, 5.41) is 0. The monoisotopic (exact) mass is 107 g/mol. The molecule has 46 valence electrons. The van der Waals surface area contributed by atoms with Gasteiger partial charge in [-0.05, 0) is 6.92 Å². The van der Waals surface area contributed by atoms with Crippen molar-refractivity contribution in [3.05, 3.63) is 0 Å². The molecule has 0 rings (SSSR count). The zero-order valence-electron chi connectivity index (χ0n) is 5.53. The van der Waals surface area contributed by atoms with E-state index in [2.05, 4.69) is 28.1 Å². The zero-order valence-corrected chi connectivity index (χ0v) is 5.53. The number of hydrogen-bond donors (Lipinski definition) is 0. The first-order valence-corrected chi connectivity index (χ1v) is 2.36. The lowest BCUT2D eigenvalue weighted by molar-refractivity contribution is -0.868. The second kappa shape index (κ2) is 2.97. The predicted octanol–water partition coefficient (Wildman–Crippen LogP) is -2.28. The van der Waals surface area contributed by atoms with Crippen molar-refractivity contribution in [3.8, 4) is 0 Å². The minimum absolute atomic E-state index is 0. The van der Waals surface area contributed by atoms with Crippen LogP contribution in [0.1, 0.15) is 6.92 Å². The van der Waals surface area contributed by atoms with Crippen LogP contribution in [0.25, 0.3) is 0 Å². The summed E-state index contributed by atoms with van der Waals surface area (Å²) in [7, 11) is 6.54. The minimum atomic E-state index is 0. The summed E-state index contributed by atoms with van der Waals surface area (Å²) >= 11 is 0. The van der Waals surface area contributed by atoms with E-state index in [9.17, 15) is 0 Å². The van der Waals surface area contributed by atoms with Crippen molar-refractivity contribution in [3.63, 3.8) is 0 Å². The molecular formula is C5H14FN. The maximum Gasteiger partial charge on any atom is 0.0751 e. The summed E-state index contributed by atoms with van der Waals surface area (Å²) in [5.41, 5.74) is 0. The molecule has 0 aliphatic heterocycles. The number of rotatable bonds is 1. The first-order chi connectivity index (χ1) is 2.56. The highest BCUT2D eigenvalue weighted by molar-refractivity contribution is 4.06. The molecule has 7 heavy (non-hydrogen) atoms. The first kappa shape index (κ1) is 10.00.